The van der Waals surface area contributed by atoms with Crippen LogP contribution in [0.3, 0.4) is 0 Å². The van der Waals surface area contributed by atoms with Gasteiger partial charge in [0, 0.05) is 24.9 Å². The summed E-state index contributed by atoms with van der Waals surface area (Å²) in [6.07, 6.45) is 11.6. The number of ketones is 2. The standard InChI is InChI=1S/C29H48O4/c1-10-16-27(7,23(11-2)15-17-30)20-28(8,21(4)5)26-14-13-24(25(32)19-33-9)29(26,12-3)18-22(6)31/h10,15-17,21,24,26H,11-14,18-20H2,1-9H3/b16-10-,23-15-/t24-,26?,27-,28?,29-/m1/s1. The largest absolute Gasteiger partial charge is 0.377 e. The zero-order valence-corrected chi connectivity index (χ0v) is 22.6. The van der Waals surface area contributed by atoms with E-state index in [1.54, 1.807) is 20.1 Å². The molecule has 1 fully saturated rings. The minimum atomic E-state index is -0.363. The number of rotatable bonds is 14. The summed E-state index contributed by atoms with van der Waals surface area (Å²) < 4.78 is 5.23. The van der Waals surface area contributed by atoms with Crippen LogP contribution in [0.15, 0.2) is 23.8 Å². The molecule has 2 unspecified atom stereocenters. The molecule has 33 heavy (non-hydrogen) atoms. The van der Waals surface area contributed by atoms with Crippen LogP contribution in [0.1, 0.15) is 93.9 Å². The highest BCUT2D eigenvalue weighted by Crippen LogP contribution is 2.64. The van der Waals surface area contributed by atoms with Crippen LogP contribution in [0.25, 0.3) is 0 Å². The van der Waals surface area contributed by atoms with Gasteiger partial charge in [0.2, 0.25) is 0 Å². The van der Waals surface area contributed by atoms with Crippen molar-refractivity contribution in [3.8, 4) is 0 Å². The van der Waals surface area contributed by atoms with Gasteiger partial charge in [0.1, 0.15) is 18.7 Å². The van der Waals surface area contributed by atoms with Crippen LogP contribution in [-0.4, -0.2) is 31.6 Å². The predicted octanol–water partition coefficient (Wildman–Crippen LogP) is 6.77. The van der Waals surface area contributed by atoms with Gasteiger partial charge in [-0.05, 0) is 74.7 Å². The lowest BCUT2D eigenvalue weighted by Crippen LogP contribution is -2.48. The van der Waals surface area contributed by atoms with E-state index in [0.717, 1.165) is 44.0 Å². The van der Waals surface area contributed by atoms with Crippen molar-refractivity contribution in [2.45, 2.75) is 93.9 Å². The van der Waals surface area contributed by atoms with Crippen molar-refractivity contribution < 1.29 is 19.1 Å². The van der Waals surface area contributed by atoms with Crippen LogP contribution in [0, 0.1) is 34.0 Å². The van der Waals surface area contributed by atoms with Crippen LogP contribution in [0.5, 0.6) is 0 Å². The molecule has 0 saturated heterocycles. The topological polar surface area (TPSA) is 60.4 Å². The van der Waals surface area contributed by atoms with Crippen LogP contribution in [0.4, 0.5) is 0 Å². The summed E-state index contributed by atoms with van der Waals surface area (Å²) in [5.74, 6) is 0.690. The van der Waals surface area contributed by atoms with Crippen molar-refractivity contribution >= 4 is 17.9 Å². The molecular weight excluding hydrogens is 412 g/mol. The van der Waals surface area contributed by atoms with Crippen LogP contribution in [0.2, 0.25) is 0 Å². The van der Waals surface area contributed by atoms with E-state index in [2.05, 4.69) is 53.7 Å². The van der Waals surface area contributed by atoms with Crippen LogP contribution in [-0.2, 0) is 19.1 Å². The van der Waals surface area contributed by atoms with Crippen LogP contribution < -0.4 is 0 Å². The predicted molar refractivity (Wildman–Crippen MR) is 136 cm³/mol. The van der Waals surface area contributed by atoms with Gasteiger partial charge >= 0.3 is 0 Å². The van der Waals surface area contributed by atoms with Crippen molar-refractivity contribution in [3.05, 3.63) is 23.8 Å². The first-order chi connectivity index (χ1) is 15.4. The van der Waals surface area contributed by atoms with Gasteiger partial charge in [0.05, 0.1) is 0 Å². The van der Waals surface area contributed by atoms with Gasteiger partial charge in [-0.2, -0.15) is 0 Å². The third-order valence-corrected chi connectivity index (χ3v) is 8.82. The van der Waals surface area contributed by atoms with Gasteiger partial charge in [0.15, 0.2) is 5.78 Å². The molecule has 0 aromatic carbocycles. The van der Waals surface area contributed by atoms with Gasteiger partial charge in [0.25, 0.3) is 0 Å². The Hall–Kier alpha value is -1.55. The van der Waals surface area contributed by atoms with Crippen molar-refractivity contribution in [1.82, 2.24) is 0 Å². The molecular formula is C29H48O4. The Labute approximate surface area is 202 Å². The Morgan fingerprint density at radius 2 is 1.82 bits per heavy atom. The fourth-order valence-electron chi connectivity index (χ4n) is 7.15. The SMILES string of the molecule is C/C=C\[C@](C)(CC(C)(C(C)C)C1CC[C@H](C(=O)COC)[C@@]1(CC)CC(C)=O)/C(=C\C=O)CC. The average molecular weight is 461 g/mol. The second kappa shape index (κ2) is 12.2. The van der Waals surface area contributed by atoms with Crippen LogP contribution >= 0.6 is 0 Å². The van der Waals surface area contributed by atoms with Gasteiger partial charge in [-0.1, -0.05) is 59.3 Å². The van der Waals surface area contributed by atoms with Crippen molar-refractivity contribution in [3.63, 3.8) is 0 Å². The summed E-state index contributed by atoms with van der Waals surface area (Å²) >= 11 is 0. The summed E-state index contributed by atoms with van der Waals surface area (Å²) in [6.45, 7) is 17.2. The highest BCUT2D eigenvalue weighted by molar-refractivity contribution is 5.85. The summed E-state index contributed by atoms with van der Waals surface area (Å²) in [5, 5.41) is 0. The third kappa shape index (κ3) is 6.12. The molecule has 4 heteroatoms. The first kappa shape index (κ1) is 29.5. The molecule has 0 aromatic heterocycles. The van der Waals surface area contributed by atoms with Crippen molar-refractivity contribution in [2.24, 2.45) is 34.0 Å². The maximum absolute atomic E-state index is 13.2. The average Bonchev–Trinajstić information content (AvgIpc) is 3.11. The molecule has 0 aromatic rings. The van der Waals surface area contributed by atoms with Gasteiger partial charge in [-0.15, -0.1) is 0 Å². The second-order valence-corrected chi connectivity index (χ2v) is 11.0. The number of aldehydes is 1. The smallest absolute Gasteiger partial charge is 0.162 e. The molecule has 0 heterocycles. The summed E-state index contributed by atoms with van der Waals surface area (Å²) in [7, 11) is 1.56. The number of ether oxygens (including phenoxy) is 1. The molecule has 0 amide bonds. The molecule has 4 nitrogen and oxygen atoms in total. The summed E-state index contributed by atoms with van der Waals surface area (Å²) in [6, 6.07) is 0. The van der Waals surface area contributed by atoms with E-state index in [1.165, 1.54) is 0 Å². The summed E-state index contributed by atoms with van der Waals surface area (Å²) in [5.41, 5.74) is 0.367. The second-order valence-electron chi connectivity index (χ2n) is 11.0. The number of allylic oxidation sites excluding steroid dienone is 4. The lowest BCUT2D eigenvalue weighted by molar-refractivity contribution is -0.135. The normalized spacial score (nSPS) is 27.5. The first-order valence-electron chi connectivity index (χ1n) is 12.7. The maximum atomic E-state index is 13.2. The fourth-order valence-corrected chi connectivity index (χ4v) is 7.15. The molecule has 0 bridgehead atoms. The molecule has 1 saturated carbocycles. The molecule has 0 N–H and O–H groups in total. The number of Topliss-reactive ketones (excluding diaryl/α,β-unsaturated/α-hetero) is 2. The Balaban J connectivity index is 3.69. The van der Waals surface area contributed by atoms with E-state index in [4.69, 9.17) is 4.74 Å². The molecule has 1 aliphatic carbocycles. The number of hydrogen-bond donors (Lipinski definition) is 0. The van der Waals surface area contributed by atoms with E-state index in [9.17, 15) is 14.4 Å². The highest BCUT2D eigenvalue weighted by atomic mass is 16.5. The zero-order chi connectivity index (χ0) is 25.4. The minimum Gasteiger partial charge on any atom is -0.377 e. The Kier molecular flexibility index (Phi) is 10.9. The molecule has 1 aliphatic rings. The maximum Gasteiger partial charge on any atom is 0.162 e. The lowest BCUT2D eigenvalue weighted by atomic mass is 9.51. The Bertz CT molecular complexity index is 749. The van der Waals surface area contributed by atoms with Crippen molar-refractivity contribution in [1.29, 1.82) is 0 Å². The highest BCUT2D eigenvalue weighted by Gasteiger charge is 2.59. The fraction of sp³-hybridized carbons (Fsp3) is 0.759. The Morgan fingerprint density at radius 3 is 2.24 bits per heavy atom. The molecule has 0 spiro atoms. The van der Waals surface area contributed by atoms with E-state index < -0.39 is 0 Å². The molecule has 188 valence electrons. The lowest BCUT2D eigenvalue weighted by Gasteiger charge is -2.53. The number of carbonyl (C=O) groups excluding carboxylic acids is 3. The molecule has 5 atom stereocenters. The quantitative estimate of drug-likeness (QED) is 0.163. The minimum absolute atomic E-state index is 0.105. The number of carbonyl (C=O) groups is 3. The number of methoxy groups -OCH3 is 1. The van der Waals surface area contributed by atoms with E-state index >= 15 is 0 Å². The molecule has 0 radical (unpaired) electrons. The first-order valence-corrected chi connectivity index (χ1v) is 12.7. The zero-order valence-electron chi connectivity index (χ0n) is 22.6. The van der Waals surface area contributed by atoms with Gasteiger partial charge in [-0.25, -0.2) is 0 Å². The van der Waals surface area contributed by atoms with E-state index in [0.29, 0.717) is 12.3 Å². The Morgan fingerprint density at radius 1 is 1.18 bits per heavy atom. The monoisotopic (exact) mass is 460 g/mol. The molecule has 1 rings (SSSR count). The van der Waals surface area contributed by atoms with Gasteiger partial charge in [-0.3, -0.25) is 9.59 Å². The van der Waals surface area contributed by atoms with Crippen molar-refractivity contribution in [2.75, 3.05) is 13.7 Å². The van der Waals surface area contributed by atoms with Gasteiger partial charge < -0.3 is 9.53 Å². The summed E-state index contributed by atoms with van der Waals surface area (Å²) in [4.78, 5) is 37.2. The van der Waals surface area contributed by atoms with E-state index in [-0.39, 0.29) is 46.3 Å². The number of hydrogen-bond acceptors (Lipinski definition) is 4. The van der Waals surface area contributed by atoms with E-state index in [1.807, 2.05) is 6.92 Å². The third-order valence-electron chi connectivity index (χ3n) is 8.82. The molecule has 0 aliphatic heterocycles.